The fourth-order valence-corrected chi connectivity index (χ4v) is 2.60. The van der Waals surface area contributed by atoms with E-state index in [0.717, 1.165) is 18.2 Å². The van der Waals surface area contributed by atoms with E-state index in [9.17, 15) is 30.9 Å². The van der Waals surface area contributed by atoms with Gasteiger partial charge in [-0.15, -0.1) is 0 Å². The molecule has 1 aromatic carbocycles. The second-order valence-electron chi connectivity index (χ2n) is 4.96. The molecule has 3 N–H and O–H groups in total. The summed E-state index contributed by atoms with van der Waals surface area (Å²) in [6.45, 7) is 0.207. The summed E-state index contributed by atoms with van der Waals surface area (Å²) in [5, 5.41) is 5.38. The van der Waals surface area contributed by atoms with Crippen molar-refractivity contribution in [2.45, 2.75) is 12.2 Å². The third kappa shape index (κ3) is 4.56. The number of anilines is 1. The second-order valence-corrected chi connectivity index (χ2v) is 6.29. The van der Waals surface area contributed by atoms with Gasteiger partial charge < -0.3 is 10.6 Å². The molecule has 0 atom stereocenters. The Kier molecular flexibility index (Phi) is 4.82. The maximum atomic E-state index is 12.7. The van der Waals surface area contributed by atoms with Crippen LogP contribution in [0.5, 0.6) is 0 Å². The summed E-state index contributed by atoms with van der Waals surface area (Å²) in [6.07, 6.45) is -4.68. The van der Waals surface area contributed by atoms with E-state index in [2.05, 4.69) is 10.6 Å². The molecule has 1 aliphatic rings. The molecule has 0 saturated carbocycles. The van der Waals surface area contributed by atoms with Crippen LogP contribution in [0.4, 0.5) is 18.9 Å². The molecule has 0 bridgehead atoms. The summed E-state index contributed by atoms with van der Waals surface area (Å²) in [4.78, 5) is 11.8. The molecule has 23 heavy (non-hydrogen) atoms. The number of nitrogens with zero attached hydrogens (tertiary/aromatic N) is 1. The minimum atomic E-state index is -4.91. The number of rotatable bonds is 5. The standard InChI is InChI=1S/C12H14F3N3O4S/c13-12(14,15)8-2-1-3-10(4-8)18(23(20,21)22)7-11(19)17-9-5-16-6-9/h1-4,9,16H,5-7H2,(H,17,19)(H,20,21,22). The normalized spacial score (nSPS) is 15.8. The van der Waals surface area contributed by atoms with E-state index in [4.69, 9.17) is 0 Å². The summed E-state index contributed by atoms with van der Waals surface area (Å²) in [5.74, 6) is -0.730. The van der Waals surface area contributed by atoms with Crippen LogP contribution in [0, 0.1) is 0 Å². The fourth-order valence-electron chi connectivity index (χ4n) is 1.94. The van der Waals surface area contributed by atoms with Gasteiger partial charge in [0.1, 0.15) is 6.54 Å². The predicted molar refractivity (Wildman–Crippen MR) is 75.1 cm³/mol. The zero-order chi connectivity index (χ0) is 17.3. The van der Waals surface area contributed by atoms with Crippen LogP contribution in [0.1, 0.15) is 5.56 Å². The Morgan fingerprint density at radius 1 is 1.39 bits per heavy atom. The summed E-state index contributed by atoms with van der Waals surface area (Å²) >= 11 is 0. The molecule has 1 aliphatic heterocycles. The van der Waals surface area contributed by atoms with E-state index in [1.165, 1.54) is 0 Å². The third-order valence-corrected chi connectivity index (χ3v) is 4.07. The molecule has 0 radical (unpaired) electrons. The number of benzene rings is 1. The van der Waals surface area contributed by atoms with Gasteiger partial charge in [-0.2, -0.15) is 21.6 Å². The first-order valence-electron chi connectivity index (χ1n) is 6.50. The Bertz CT molecular complexity index is 689. The van der Waals surface area contributed by atoms with Crippen molar-refractivity contribution in [3.63, 3.8) is 0 Å². The SMILES string of the molecule is O=C(CN(c1cccc(C(F)(F)F)c1)S(=O)(=O)O)NC1CNC1. The minimum Gasteiger partial charge on any atom is -0.349 e. The van der Waals surface area contributed by atoms with Gasteiger partial charge in [0.25, 0.3) is 0 Å². The van der Waals surface area contributed by atoms with Crippen molar-refractivity contribution >= 4 is 21.9 Å². The Balaban J connectivity index is 2.23. The third-order valence-electron chi connectivity index (χ3n) is 3.17. The van der Waals surface area contributed by atoms with Crippen molar-refractivity contribution in [1.29, 1.82) is 0 Å². The predicted octanol–water partition coefficient (Wildman–Crippen LogP) is 0.403. The summed E-state index contributed by atoms with van der Waals surface area (Å²) < 4.78 is 70.3. The van der Waals surface area contributed by atoms with E-state index in [-0.39, 0.29) is 10.3 Å². The molecular formula is C12H14F3N3O4S. The summed E-state index contributed by atoms with van der Waals surface area (Å²) in [6, 6.07) is 3.18. The Morgan fingerprint density at radius 3 is 2.52 bits per heavy atom. The van der Waals surface area contributed by atoms with Gasteiger partial charge in [-0.05, 0) is 18.2 Å². The van der Waals surface area contributed by atoms with Crippen molar-refractivity contribution in [2.75, 3.05) is 23.9 Å². The second kappa shape index (κ2) is 6.34. The molecular weight excluding hydrogens is 339 g/mol. The zero-order valence-electron chi connectivity index (χ0n) is 11.7. The van der Waals surface area contributed by atoms with E-state index in [1.807, 2.05) is 0 Å². The van der Waals surface area contributed by atoms with Gasteiger partial charge in [0.05, 0.1) is 17.3 Å². The average Bonchev–Trinajstić information content (AvgIpc) is 2.38. The van der Waals surface area contributed by atoms with Crippen LogP contribution in [0.25, 0.3) is 0 Å². The van der Waals surface area contributed by atoms with Gasteiger partial charge in [-0.25, -0.2) is 4.31 Å². The van der Waals surface area contributed by atoms with Gasteiger partial charge in [-0.3, -0.25) is 9.35 Å². The molecule has 0 unspecified atom stereocenters. The first kappa shape index (κ1) is 17.5. The molecule has 1 saturated heterocycles. The van der Waals surface area contributed by atoms with Gasteiger partial charge in [0.15, 0.2) is 0 Å². The van der Waals surface area contributed by atoms with E-state index < -0.39 is 40.2 Å². The van der Waals surface area contributed by atoms with Crippen LogP contribution < -0.4 is 14.9 Å². The Hall–Kier alpha value is -1.85. The highest BCUT2D eigenvalue weighted by atomic mass is 32.2. The van der Waals surface area contributed by atoms with Crippen molar-refractivity contribution < 1.29 is 30.9 Å². The largest absolute Gasteiger partial charge is 0.416 e. The Morgan fingerprint density at radius 2 is 2.04 bits per heavy atom. The number of alkyl halides is 3. The zero-order valence-corrected chi connectivity index (χ0v) is 12.5. The van der Waals surface area contributed by atoms with E-state index >= 15 is 0 Å². The molecule has 1 amide bonds. The Labute approximate surface area is 130 Å². The highest BCUT2D eigenvalue weighted by Crippen LogP contribution is 2.32. The molecule has 1 aromatic rings. The molecule has 0 aromatic heterocycles. The molecule has 1 fully saturated rings. The van der Waals surface area contributed by atoms with Crippen LogP contribution in [0.2, 0.25) is 0 Å². The van der Waals surface area contributed by atoms with Gasteiger partial charge in [0.2, 0.25) is 5.91 Å². The minimum absolute atomic E-state index is 0.174. The highest BCUT2D eigenvalue weighted by Gasteiger charge is 2.32. The molecule has 0 spiro atoms. The van der Waals surface area contributed by atoms with Crippen molar-refractivity contribution in [3.8, 4) is 0 Å². The quantitative estimate of drug-likeness (QED) is 0.666. The molecule has 1 heterocycles. The van der Waals surface area contributed by atoms with Crippen molar-refractivity contribution in [3.05, 3.63) is 29.8 Å². The molecule has 128 valence electrons. The molecule has 0 aliphatic carbocycles. The number of hydrogen-bond donors (Lipinski definition) is 3. The highest BCUT2D eigenvalue weighted by molar-refractivity contribution is 7.87. The first-order chi connectivity index (χ1) is 10.6. The van der Waals surface area contributed by atoms with Gasteiger partial charge >= 0.3 is 16.5 Å². The van der Waals surface area contributed by atoms with Crippen molar-refractivity contribution in [1.82, 2.24) is 10.6 Å². The molecule has 11 heteroatoms. The summed E-state index contributed by atoms with van der Waals surface area (Å²) in [5.41, 5.74) is -1.54. The van der Waals surface area contributed by atoms with Gasteiger partial charge in [-0.1, -0.05) is 6.07 Å². The smallest absolute Gasteiger partial charge is 0.349 e. The maximum absolute atomic E-state index is 12.7. The number of nitrogens with one attached hydrogen (secondary N) is 2. The van der Waals surface area contributed by atoms with E-state index in [0.29, 0.717) is 19.2 Å². The number of amides is 1. The van der Waals surface area contributed by atoms with Crippen LogP contribution in [-0.4, -0.2) is 44.6 Å². The lowest BCUT2D eigenvalue weighted by Gasteiger charge is -2.29. The lowest BCUT2D eigenvalue weighted by atomic mass is 10.2. The number of carbonyl (C=O) groups excluding carboxylic acids is 1. The van der Waals surface area contributed by atoms with Crippen molar-refractivity contribution in [2.24, 2.45) is 0 Å². The lowest BCUT2D eigenvalue weighted by Crippen LogP contribution is -2.58. The lowest BCUT2D eigenvalue weighted by molar-refractivity contribution is -0.137. The number of halogens is 3. The monoisotopic (exact) mass is 353 g/mol. The van der Waals surface area contributed by atoms with E-state index in [1.54, 1.807) is 0 Å². The van der Waals surface area contributed by atoms with Crippen LogP contribution in [0.15, 0.2) is 24.3 Å². The number of hydrogen-bond acceptors (Lipinski definition) is 4. The van der Waals surface area contributed by atoms with Crippen LogP contribution in [-0.2, 0) is 21.3 Å². The van der Waals surface area contributed by atoms with Crippen LogP contribution >= 0.6 is 0 Å². The molecule has 7 nitrogen and oxygen atoms in total. The summed E-state index contributed by atoms with van der Waals surface area (Å²) in [7, 11) is -4.91. The fraction of sp³-hybridized carbons (Fsp3) is 0.417. The topological polar surface area (TPSA) is 98.7 Å². The maximum Gasteiger partial charge on any atom is 0.416 e. The molecule has 2 rings (SSSR count). The first-order valence-corrected chi connectivity index (χ1v) is 7.89. The number of carbonyl (C=O) groups is 1. The van der Waals surface area contributed by atoms with Gasteiger partial charge in [0, 0.05) is 13.1 Å². The average molecular weight is 353 g/mol. The van der Waals surface area contributed by atoms with Crippen LogP contribution in [0.3, 0.4) is 0 Å².